The lowest BCUT2D eigenvalue weighted by atomic mass is 10.0. The molecular weight excluding hydrogens is 265 g/mol. The van der Waals surface area contributed by atoms with E-state index in [1.54, 1.807) is 6.07 Å². The molecule has 0 saturated heterocycles. The molecular formula is C17H24FN3. The molecule has 0 amide bonds. The Morgan fingerprint density at radius 2 is 1.86 bits per heavy atom. The average molecular weight is 289 g/mol. The normalized spacial score (nSPS) is 14.2. The molecule has 4 heteroatoms. The van der Waals surface area contributed by atoms with Crippen LogP contribution in [0.5, 0.6) is 0 Å². The predicted molar refractivity (Wildman–Crippen MR) is 83.7 cm³/mol. The van der Waals surface area contributed by atoms with Gasteiger partial charge < -0.3 is 5.32 Å². The van der Waals surface area contributed by atoms with E-state index in [9.17, 15) is 4.39 Å². The molecule has 1 heterocycles. The molecule has 0 radical (unpaired) electrons. The summed E-state index contributed by atoms with van der Waals surface area (Å²) in [5, 5.41) is 8.03. The molecule has 0 fully saturated rings. The first-order valence-electron chi connectivity index (χ1n) is 7.50. The van der Waals surface area contributed by atoms with Crippen molar-refractivity contribution < 1.29 is 4.39 Å². The van der Waals surface area contributed by atoms with E-state index in [1.165, 1.54) is 17.3 Å². The largest absolute Gasteiger partial charge is 0.303 e. The third-order valence-electron chi connectivity index (χ3n) is 4.04. The highest BCUT2D eigenvalue weighted by molar-refractivity contribution is 5.29. The van der Waals surface area contributed by atoms with Gasteiger partial charge in [0.15, 0.2) is 0 Å². The van der Waals surface area contributed by atoms with Crippen LogP contribution < -0.4 is 5.32 Å². The number of aryl methyl sites for hydroxylation is 2. The zero-order valence-corrected chi connectivity index (χ0v) is 13.4. The molecule has 21 heavy (non-hydrogen) atoms. The first-order valence-corrected chi connectivity index (χ1v) is 7.50. The van der Waals surface area contributed by atoms with E-state index < -0.39 is 0 Å². The van der Waals surface area contributed by atoms with Gasteiger partial charge in [0, 0.05) is 35.4 Å². The summed E-state index contributed by atoms with van der Waals surface area (Å²) in [5.74, 6) is -0.164. The fraction of sp³-hybridized carbons (Fsp3) is 0.471. The number of hydrogen-bond donors (Lipinski definition) is 1. The van der Waals surface area contributed by atoms with Gasteiger partial charge in [-0.15, -0.1) is 0 Å². The lowest BCUT2D eigenvalue weighted by Crippen LogP contribution is -2.24. The van der Waals surface area contributed by atoms with Gasteiger partial charge in [-0.05, 0) is 40.7 Å². The molecule has 0 spiro atoms. The SMILES string of the molecule is CCn1nc(C)c(C(C)NC(C)c2ccccc2F)c1C. The van der Waals surface area contributed by atoms with Gasteiger partial charge in [0.1, 0.15) is 5.82 Å². The number of aromatic nitrogens is 2. The van der Waals surface area contributed by atoms with Crippen molar-refractivity contribution in [1.29, 1.82) is 0 Å². The molecule has 1 aromatic heterocycles. The van der Waals surface area contributed by atoms with Gasteiger partial charge in [0.2, 0.25) is 0 Å². The van der Waals surface area contributed by atoms with Crippen molar-refractivity contribution in [2.45, 2.75) is 53.2 Å². The molecule has 2 unspecified atom stereocenters. The van der Waals surface area contributed by atoms with E-state index in [2.05, 4.69) is 31.2 Å². The van der Waals surface area contributed by atoms with E-state index in [0.29, 0.717) is 5.56 Å². The van der Waals surface area contributed by atoms with Crippen molar-refractivity contribution in [2.24, 2.45) is 0 Å². The van der Waals surface area contributed by atoms with Gasteiger partial charge >= 0.3 is 0 Å². The minimum Gasteiger partial charge on any atom is -0.303 e. The third-order valence-corrected chi connectivity index (χ3v) is 4.04. The van der Waals surface area contributed by atoms with Gasteiger partial charge in [-0.1, -0.05) is 18.2 Å². The maximum Gasteiger partial charge on any atom is 0.127 e. The van der Waals surface area contributed by atoms with E-state index in [4.69, 9.17) is 0 Å². The van der Waals surface area contributed by atoms with Crippen molar-refractivity contribution in [1.82, 2.24) is 15.1 Å². The van der Waals surface area contributed by atoms with Gasteiger partial charge in [0.05, 0.1) is 5.69 Å². The van der Waals surface area contributed by atoms with Crippen molar-refractivity contribution >= 4 is 0 Å². The Morgan fingerprint density at radius 1 is 1.19 bits per heavy atom. The summed E-state index contributed by atoms with van der Waals surface area (Å²) in [7, 11) is 0. The first-order chi connectivity index (χ1) is 9.95. The number of halogens is 1. The molecule has 1 aromatic carbocycles. The second-order valence-corrected chi connectivity index (χ2v) is 5.53. The molecule has 0 aliphatic heterocycles. The van der Waals surface area contributed by atoms with E-state index in [-0.39, 0.29) is 17.9 Å². The van der Waals surface area contributed by atoms with E-state index in [1.807, 2.05) is 30.7 Å². The van der Waals surface area contributed by atoms with Gasteiger partial charge in [-0.3, -0.25) is 4.68 Å². The quantitative estimate of drug-likeness (QED) is 0.899. The smallest absolute Gasteiger partial charge is 0.127 e. The molecule has 0 aliphatic rings. The maximum atomic E-state index is 13.9. The van der Waals surface area contributed by atoms with Crippen molar-refractivity contribution in [3.8, 4) is 0 Å². The molecule has 114 valence electrons. The fourth-order valence-electron chi connectivity index (χ4n) is 3.02. The molecule has 0 aliphatic carbocycles. The number of benzene rings is 1. The van der Waals surface area contributed by atoms with Crippen LogP contribution in [0.3, 0.4) is 0 Å². The van der Waals surface area contributed by atoms with Crippen LogP contribution in [0.25, 0.3) is 0 Å². The highest BCUT2D eigenvalue weighted by atomic mass is 19.1. The molecule has 1 N–H and O–H groups in total. The Kier molecular flexibility index (Phi) is 4.78. The summed E-state index contributed by atoms with van der Waals surface area (Å²) >= 11 is 0. The van der Waals surface area contributed by atoms with Crippen LogP contribution >= 0.6 is 0 Å². The van der Waals surface area contributed by atoms with Crippen LogP contribution in [0.15, 0.2) is 24.3 Å². The lowest BCUT2D eigenvalue weighted by molar-refractivity contribution is 0.471. The Hall–Kier alpha value is -1.68. The van der Waals surface area contributed by atoms with Crippen molar-refractivity contribution in [2.75, 3.05) is 0 Å². The topological polar surface area (TPSA) is 29.9 Å². The number of hydrogen-bond acceptors (Lipinski definition) is 2. The minimum atomic E-state index is -0.164. The number of nitrogens with one attached hydrogen (secondary N) is 1. The Balaban J connectivity index is 2.20. The molecule has 0 bridgehead atoms. The minimum absolute atomic E-state index is 0.0509. The van der Waals surface area contributed by atoms with Crippen LogP contribution in [-0.2, 0) is 6.54 Å². The second kappa shape index (κ2) is 6.39. The summed E-state index contributed by atoms with van der Waals surface area (Å²) in [6.45, 7) is 11.2. The molecule has 2 aromatic rings. The van der Waals surface area contributed by atoms with Crippen LogP contribution in [0, 0.1) is 19.7 Å². The maximum absolute atomic E-state index is 13.9. The zero-order chi connectivity index (χ0) is 15.6. The summed E-state index contributed by atoms with van der Waals surface area (Å²) in [4.78, 5) is 0. The van der Waals surface area contributed by atoms with Crippen LogP contribution in [0.1, 0.15) is 55.4 Å². The lowest BCUT2D eigenvalue weighted by Gasteiger charge is -2.21. The van der Waals surface area contributed by atoms with E-state index in [0.717, 1.165) is 12.2 Å². The Labute approximate surface area is 126 Å². The van der Waals surface area contributed by atoms with Crippen molar-refractivity contribution in [3.63, 3.8) is 0 Å². The highest BCUT2D eigenvalue weighted by Crippen LogP contribution is 2.25. The zero-order valence-electron chi connectivity index (χ0n) is 13.4. The Morgan fingerprint density at radius 3 is 2.43 bits per heavy atom. The van der Waals surface area contributed by atoms with Gasteiger partial charge in [-0.2, -0.15) is 5.10 Å². The summed E-state index contributed by atoms with van der Waals surface area (Å²) in [6, 6.07) is 6.99. The van der Waals surface area contributed by atoms with Crippen LogP contribution in [-0.4, -0.2) is 9.78 Å². The average Bonchev–Trinajstić information content (AvgIpc) is 2.73. The first kappa shape index (κ1) is 15.7. The summed E-state index contributed by atoms with van der Waals surface area (Å²) < 4.78 is 15.9. The summed E-state index contributed by atoms with van der Waals surface area (Å²) in [5.41, 5.74) is 4.12. The highest BCUT2D eigenvalue weighted by Gasteiger charge is 2.20. The van der Waals surface area contributed by atoms with Crippen molar-refractivity contribution in [3.05, 3.63) is 52.6 Å². The predicted octanol–water partition coefficient (Wildman–Crippen LogP) is 4.07. The number of nitrogens with zero attached hydrogens (tertiary/aromatic N) is 2. The second-order valence-electron chi connectivity index (χ2n) is 5.53. The monoisotopic (exact) mass is 289 g/mol. The standard InChI is InChI=1S/C17H24FN3/c1-6-21-14(5)17(13(4)20-21)12(3)19-11(2)15-9-7-8-10-16(15)18/h7-12,19H,6H2,1-5H3. The molecule has 0 saturated carbocycles. The van der Waals surface area contributed by atoms with Crippen LogP contribution in [0.2, 0.25) is 0 Å². The Bertz CT molecular complexity index is 618. The molecule has 3 nitrogen and oxygen atoms in total. The summed E-state index contributed by atoms with van der Waals surface area (Å²) in [6.07, 6.45) is 0. The van der Waals surface area contributed by atoms with Crippen LogP contribution in [0.4, 0.5) is 4.39 Å². The molecule has 2 atom stereocenters. The van der Waals surface area contributed by atoms with E-state index >= 15 is 0 Å². The molecule has 2 rings (SSSR count). The van der Waals surface area contributed by atoms with Gasteiger partial charge in [-0.25, -0.2) is 4.39 Å². The fourth-order valence-corrected chi connectivity index (χ4v) is 3.02. The number of rotatable bonds is 5. The van der Waals surface area contributed by atoms with Gasteiger partial charge in [0.25, 0.3) is 0 Å². The third kappa shape index (κ3) is 3.16.